The second kappa shape index (κ2) is 10.9. The molecule has 5 heteroatoms. The Hall–Kier alpha value is -1.97. The largest absolute Gasteiger partial charge is 0.366 e. The quantitative estimate of drug-likeness (QED) is 0.444. The van der Waals surface area contributed by atoms with E-state index in [1.54, 1.807) is 0 Å². The van der Waals surface area contributed by atoms with Gasteiger partial charge in [-0.15, -0.1) is 19.3 Å². The first kappa shape index (κ1) is 18.0. The average molecular weight is 277 g/mol. The van der Waals surface area contributed by atoms with Crippen LogP contribution in [0.15, 0.2) is 0 Å². The molecule has 0 aliphatic rings. The van der Waals surface area contributed by atoms with Crippen LogP contribution in [0.5, 0.6) is 0 Å². The summed E-state index contributed by atoms with van der Waals surface area (Å²) in [5.41, 5.74) is -0.879. The fourth-order valence-electron chi connectivity index (χ4n) is 1.52. The van der Waals surface area contributed by atoms with E-state index in [1.807, 2.05) is 0 Å². The number of hydrogen-bond acceptors (Lipinski definition) is 4. The van der Waals surface area contributed by atoms with E-state index in [9.17, 15) is 4.79 Å². The van der Waals surface area contributed by atoms with Gasteiger partial charge in [0.05, 0.1) is 19.8 Å². The van der Waals surface area contributed by atoms with E-state index in [1.165, 1.54) is 6.92 Å². The van der Waals surface area contributed by atoms with Gasteiger partial charge in [-0.2, -0.15) is 0 Å². The standard InChI is InChI=1S/C15H19NO4/c1-5-8-18-11-15(16-14(4)17,12-19-9-6-2)13-20-10-7-3/h1-3H,8-13H2,4H3,(H,16,17). The zero-order valence-corrected chi connectivity index (χ0v) is 11.6. The summed E-state index contributed by atoms with van der Waals surface area (Å²) in [6.07, 6.45) is 15.4. The molecular weight excluding hydrogens is 258 g/mol. The summed E-state index contributed by atoms with van der Waals surface area (Å²) in [5, 5.41) is 2.75. The molecule has 0 aromatic carbocycles. The van der Waals surface area contributed by atoms with Gasteiger partial charge in [0, 0.05) is 6.92 Å². The van der Waals surface area contributed by atoms with Crippen molar-refractivity contribution < 1.29 is 19.0 Å². The van der Waals surface area contributed by atoms with Crippen LogP contribution in [0.3, 0.4) is 0 Å². The monoisotopic (exact) mass is 277 g/mol. The minimum atomic E-state index is -0.879. The van der Waals surface area contributed by atoms with Crippen LogP contribution in [0.4, 0.5) is 0 Å². The summed E-state index contributed by atoms with van der Waals surface area (Å²) >= 11 is 0. The smallest absolute Gasteiger partial charge is 0.217 e. The molecule has 0 heterocycles. The molecule has 0 fully saturated rings. The maximum atomic E-state index is 11.4. The molecule has 108 valence electrons. The highest BCUT2D eigenvalue weighted by Crippen LogP contribution is 2.09. The van der Waals surface area contributed by atoms with E-state index in [-0.39, 0.29) is 45.5 Å². The number of nitrogens with one attached hydrogen (secondary N) is 1. The predicted molar refractivity (Wildman–Crippen MR) is 75.5 cm³/mol. The summed E-state index contributed by atoms with van der Waals surface area (Å²) in [7, 11) is 0. The highest BCUT2D eigenvalue weighted by atomic mass is 16.5. The topological polar surface area (TPSA) is 56.8 Å². The summed E-state index contributed by atoms with van der Waals surface area (Å²) < 4.78 is 15.9. The minimum Gasteiger partial charge on any atom is -0.366 e. The molecule has 0 spiro atoms. The van der Waals surface area contributed by atoms with E-state index in [4.69, 9.17) is 33.5 Å². The number of carbonyl (C=O) groups is 1. The van der Waals surface area contributed by atoms with Crippen molar-refractivity contribution in [2.75, 3.05) is 39.6 Å². The molecule has 0 rings (SSSR count). The summed E-state index contributed by atoms with van der Waals surface area (Å²) in [6, 6.07) is 0. The molecule has 0 atom stereocenters. The minimum absolute atomic E-state index is 0.117. The Morgan fingerprint density at radius 1 is 0.950 bits per heavy atom. The van der Waals surface area contributed by atoms with Gasteiger partial charge < -0.3 is 19.5 Å². The fourth-order valence-corrected chi connectivity index (χ4v) is 1.52. The van der Waals surface area contributed by atoms with Crippen LogP contribution < -0.4 is 5.32 Å². The van der Waals surface area contributed by atoms with Crippen molar-refractivity contribution >= 4 is 5.91 Å². The number of terminal acetylenes is 3. The molecule has 0 aliphatic carbocycles. The van der Waals surface area contributed by atoms with Gasteiger partial charge in [-0.1, -0.05) is 17.8 Å². The van der Waals surface area contributed by atoms with E-state index < -0.39 is 5.54 Å². The van der Waals surface area contributed by atoms with Gasteiger partial charge in [0.25, 0.3) is 0 Å². The molecule has 0 saturated heterocycles. The van der Waals surface area contributed by atoms with Gasteiger partial charge in [-0.05, 0) is 0 Å². The molecule has 0 bridgehead atoms. The summed E-state index contributed by atoms with van der Waals surface area (Å²) in [6.45, 7) is 2.13. The lowest BCUT2D eigenvalue weighted by Crippen LogP contribution is -2.58. The molecular formula is C15H19NO4. The molecule has 0 aromatic heterocycles. The van der Waals surface area contributed by atoms with Crippen molar-refractivity contribution in [3.05, 3.63) is 0 Å². The summed E-state index contributed by atoms with van der Waals surface area (Å²) in [4.78, 5) is 11.4. The Bertz CT molecular complexity index is 361. The molecule has 1 N–H and O–H groups in total. The van der Waals surface area contributed by atoms with Crippen LogP contribution >= 0.6 is 0 Å². The predicted octanol–water partition coefficient (Wildman–Crippen LogP) is -0.189. The Morgan fingerprint density at radius 3 is 1.55 bits per heavy atom. The lowest BCUT2D eigenvalue weighted by Gasteiger charge is -2.33. The van der Waals surface area contributed by atoms with Gasteiger partial charge in [0.15, 0.2) is 0 Å². The first-order valence-electron chi connectivity index (χ1n) is 5.92. The second-order valence-corrected chi connectivity index (χ2v) is 4.05. The third-order valence-corrected chi connectivity index (χ3v) is 2.13. The molecule has 0 saturated carbocycles. The Labute approximate surface area is 120 Å². The van der Waals surface area contributed by atoms with Crippen LogP contribution in [0.2, 0.25) is 0 Å². The van der Waals surface area contributed by atoms with Crippen LogP contribution in [0, 0.1) is 37.0 Å². The van der Waals surface area contributed by atoms with Crippen LogP contribution in [0.25, 0.3) is 0 Å². The number of ether oxygens (including phenoxy) is 3. The van der Waals surface area contributed by atoms with Crippen molar-refractivity contribution in [2.45, 2.75) is 12.5 Å². The number of carbonyl (C=O) groups excluding carboxylic acids is 1. The molecule has 1 amide bonds. The van der Waals surface area contributed by atoms with Crippen molar-refractivity contribution in [1.82, 2.24) is 5.32 Å². The normalized spacial score (nSPS) is 10.1. The van der Waals surface area contributed by atoms with Gasteiger partial charge in [-0.25, -0.2) is 0 Å². The molecule has 5 nitrogen and oxygen atoms in total. The third kappa shape index (κ3) is 8.19. The van der Waals surface area contributed by atoms with Crippen molar-refractivity contribution in [2.24, 2.45) is 0 Å². The second-order valence-electron chi connectivity index (χ2n) is 4.05. The number of amides is 1. The molecule has 0 aliphatic heterocycles. The molecule has 0 unspecified atom stereocenters. The Kier molecular flexibility index (Phi) is 9.83. The average Bonchev–Trinajstić information content (AvgIpc) is 2.39. The van der Waals surface area contributed by atoms with E-state index >= 15 is 0 Å². The van der Waals surface area contributed by atoms with Gasteiger partial charge in [0.2, 0.25) is 5.91 Å². The highest BCUT2D eigenvalue weighted by Gasteiger charge is 2.32. The first-order chi connectivity index (χ1) is 9.60. The summed E-state index contributed by atoms with van der Waals surface area (Å²) in [5.74, 6) is 6.79. The number of rotatable bonds is 10. The molecule has 0 radical (unpaired) electrons. The Balaban J connectivity index is 4.76. The SMILES string of the molecule is C#CCOCC(COCC#C)(COCC#C)NC(C)=O. The fraction of sp³-hybridized carbons (Fsp3) is 0.533. The highest BCUT2D eigenvalue weighted by molar-refractivity contribution is 5.73. The first-order valence-corrected chi connectivity index (χ1v) is 5.92. The van der Waals surface area contributed by atoms with Crippen molar-refractivity contribution in [3.63, 3.8) is 0 Å². The number of hydrogen-bond donors (Lipinski definition) is 1. The Morgan fingerprint density at radius 2 is 1.30 bits per heavy atom. The van der Waals surface area contributed by atoms with Crippen LogP contribution in [0.1, 0.15) is 6.92 Å². The van der Waals surface area contributed by atoms with Crippen molar-refractivity contribution in [3.8, 4) is 37.0 Å². The van der Waals surface area contributed by atoms with Crippen LogP contribution in [-0.4, -0.2) is 51.1 Å². The van der Waals surface area contributed by atoms with Crippen LogP contribution in [-0.2, 0) is 19.0 Å². The maximum absolute atomic E-state index is 11.4. The zero-order chi connectivity index (χ0) is 15.3. The molecule has 20 heavy (non-hydrogen) atoms. The van der Waals surface area contributed by atoms with E-state index in [2.05, 4.69) is 23.1 Å². The van der Waals surface area contributed by atoms with Gasteiger partial charge >= 0.3 is 0 Å². The maximum Gasteiger partial charge on any atom is 0.217 e. The zero-order valence-electron chi connectivity index (χ0n) is 11.6. The lowest BCUT2D eigenvalue weighted by atomic mass is 10.0. The third-order valence-electron chi connectivity index (χ3n) is 2.13. The van der Waals surface area contributed by atoms with Gasteiger partial charge in [0.1, 0.15) is 25.4 Å². The molecule has 0 aromatic rings. The van der Waals surface area contributed by atoms with Gasteiger partial charge in [-0.3, -0.25) is 4.79 Å². The lowest BCUT2D eigenvalue weighted by molar-refractivity contribution is -0.124. The van der Waals surface area contributed by atoms with E-state index in [0.717, 1.165) is 0 Å². The van der Waals surface area contributed by atoms with Crippen molar-refractivity contribution in [1.29, 1.82) is 0 Å². The van der Waals surface area contributed by atoms with E-state index in [0.29, 0.717) is 0 Å².